The molecule has 4 heterocycles. The van der Waals surface area contributed by atoms with Crippen molar-refractivity contribution in [1.29, 1.82) is 5.26 Å². The molecule has 15 heteroatoms. The molecule has 4 N–H and O–H groups in total. The second kappa shape index (κ2) is 12.3. The zero-order valence-corrected chi connectivity index (χ0v) is 23.9. The number of nitriles is 1. The number of nitrogens with two attached hydrogens (primary N) is 1. The number of para-hydroxylation sites is 1. The predicted molar refractivity (Wildman–Crippen MR) is 148 cm³/mol. The number of benzene rings is 1. The highest BCUT2D eigenvalue weighted by Gasteiger charge is 2.58. The lowest BCUT2D eigenvalue weighted by molar-refractivity contribution is -0.148. The Labute approximate surface area is 242 Å². The van der Waals surface area contributed by atoms with Crippen LogP contribution in [0.15, 0.2) is 48.8 Å². The molecular weight excluding hydrogens is 567 g/mol. The van der Waals surface area contributed by atoms with E-state index in [4.69, 9.17) is 24.3 Å². The first-order valence-corrected chi connectivity index (χ1v) is 15.2. The van der Waals surface area contributed by atoms with Crippen LogP contribution in [0.5, 0.6) is 5.75 Å². The topological polar surface area (TPSA) is 195 Å². The van der Waals surface area contributed by atoms with Gasteiger partial charge in [-0.3, -0.25) is 9.32 Å². The summed E-state index contributed by atoms with van der Waals surface area (Å²) in [4.78, 5) is 16.9. The first kappa shape index (κ1) is 29.9. The number of ether oxygens (including phenoxy) is 2. The molecule has 2 saturated heterocycles. The van der Waals surface area contributed by atoms with E-state index in [0.29, 0.717) is 30.5 Å². The predicted octanol–water partition coefficient (Wildman–Crippen LogP) is 2.38. The SMILES string of the molecule is CCCCOC(=O)[C@H]1CCCN1P(=O)(OC[C@@]1(C#N)O[C@@H](c2ccc3c(N)ncnn23)[C@H](O)[C@@H]1O)Oc1ccccc1. The largest absolute Gasteiger partial charge is 0.465 e. The number of rotatable bonds is 11. The van der Waals surface area contributed by atoms with Gasteiger partial charge in [0.25, 0.3) is 0 Å². The standard InChI is InChI=1S/C27H33N6O8P/c1-2-3-14-38-26(36)21-10-7-13-32(21)42(37,41-18-8-5-4-6-9-18)39-16-27(15-28)24(35)22(34)23(40-27)19-11-12-20-25(29)30-17-31-33(19)20/h4-6,8-9,11-12,17,21-24,34-35H,2-3,7,10,13-14,16H2,1H3,(H2,29,30,31)/t21-,22+,23+,24+,27-,42?/m1/s1. The number of hydrogen-bond acceptors (Lipinski definition) is 12. The lowest BCUT2D eigenvalue weighted by Gasteiger charge is -2.33. The molecule has 224 valence electrons. The van der Waals surface area contributed by atoms with Gasteiger partial charge in [0.2, 0.25) is 5.60 Å². The first-order valence-electron chi connectivity index (χ1n) is 13.7. The third-order valence-electron chi connectivity index (χ3n) is 7.40. The normalized spacial score (nSPS) is 27.5. The highest BCUT2D eigenvalue weighted by atomic mass is 31.2. The van der Waals surface area contributed by atoms with Crippen LogP contribution in [0.4, 0.5) is 5.82 Å². The molecular formula is C27H33N6O8P. The Morgan fingerprint density at radius 1 is 1.29 bits per heavy atom. The number of aliphatic hydroxyl groups excluding tert-OH is 2. The van der Waals surface area contributed by atoms with Crippen LogP contribution in [0, 0.1) is 11.3 Å². The fraction of sp³-hybridized carbons (Fsp3) is 0.481. The van der Waals surface area contributed by atoms with Gasteiger partial charge in [-0.15, -0.1) is 0 Å². The maximum atomic E-state index is 14.5. The summed E-state index contributed by atoms with van der Waals surface area (Å²) >= 11 is 0. The highest BCUT2D eigenvalue weighted by Crippen LogP contribution is 2.56. The number of anilines is 1. The average Bonchev–Trinajstić information content (AvgIpc) is 3.72. The number of fused-ring (bicyclic) bond motifs is 1. The molecule has 0 aliphatic carbocycles. The number of aliphatic hydroxyl groups is 2. The molecule has 1 unspecified atom stereocenters. The zero-order chi connectivity index (χ0) is 29.9. The lowest BCUT2D eigenvalue weighted by Crippen LogP contribution is -2.46. The van der Waals surface area contributed by atoms with Crippen molar-refractivity contribution in [2.45, 2.75) is 62.6 Å². The van der Waals surface area contributed by atoms with Crippen molar-refractivity contribution >= 4 is 25.1 Å². The maximum absolute atomic E-state index is 14.5. The minimum Gasteiger partial charge on any atom is -0.465 e. The first-order chi connectivity index (χ1) is 20.2. The number of esters is 1. The molecule has 2 aromatic heterocycles. The summed E-state index contributed by atoms with van der Waals surface area (Å²) in [6.45, 7) is 1.64. The Morgan fingerprint density at radius 3 is 2.81 bits per heavy atom. The highest BCUT2D eigenvalue weighted by molar-refractivity contribution is 7.51. The fourth-order valence-corrected chi connectivity index (χ4v) is 7.10. The molecule has 0 radical (unpaired) electrons. The van der Waals surface area contributed by atoms with Crippen molar-refractivity contribution in [2.24, 2.45) is 0 Å². The summed E-state index contributed by atoms with van der Waals surface area (Å²) in [5.41, 5.74) is 4.51. The zero-order valence-electron chi connectivity index (χ0n) is 23.0. The molecule has 0 amide bonds. The van der Waals surface area contributed by atoms with Crippen molar-refractivity contribution in [2.75, 3.05) is 25.5 Å². The van der Waals surface area contributed by atoms with Gasteiger partial charge in [0.1, 0.15) is 54.6 Å². The number of unbranched alkanes of at least 4 members (excludes halogenated alkanes) is 1. The van der Waals surface area contributed by atoms with Gasteiger partial charge in [0.05, 0.1) is 12.3 Å². The lowest BCUT2D eigenvalue weighted by atomic mass is 9.96. The van der Waals surface area contributed by atoms with Crippen LogP contribution in [-0.2, 0) is 23.4 Å². The smallest absolute Gasteiger partial charge is 0.462 e. The summed E-state index contributed by atoms with van der Waals surface area (Å²) in [7, 11) is -4.35. The molecule has 2 aliphatic heterocycles. The summed E-state index contributed by atoms with van der Waals surface area (Å²) in [6, 6.07) is 12.5. The Hall–Kier alpha value is -3.57. The number of nitrogens with zero attached hydrogens (tertiary/aromatic N) is 5. The van der Waals surface area contributed by atoms with E-state index in [0.717, 1.165) is 6.42 Å². The van der Waals surface area contributed by atoms with Gasteiger partial charge in [0, 0.05) is 6.54 Å². The van der Waals surface area contributed by atoms with Crippen LogP contribution in [0.1, 0.15) is 44.4 Å². The summed E-state index contributed by atoms with van der Waals surface area (Å²) in [5, 5.41) is 36.4. The van der Waals surface area contributed by atoms with Crippen molar-refractivity contribution in [3.8, 4) is 11.8 Å². The summed E-state index contributed by atoms with van der Waals surface area (Å²) in [6.07, 6.45) is -0.928. The van der Waals surface area contributed by atoms with Gasteiger partial charge < -0.3 is 29.9 Å². The van der Waals surface area contributed by atoms with Crippen molar-refractivity contribution < 1.29 is 38.1 Å². The van der Waals surface area contributed by atoms with Gasteiger partial charge in [-0.2, -0.15) is 15.0 Å². The monoisotopic (exact) mass is 600 g/mol. The van der Waals surface area contributed by atoms with E-state index in [9.17, 15) is 24.8 Å². The Balaban J connectivity index is 1.42. The molecule has 1 aromatic carbocycles. The van der Waals surface area contributed by atoms with E-state index in [-0.39, 0.29) is 24.7 Å². The van der Waals surface area contributed by atoms with Gasteiger partial charge in [0.15, 0.2) is 5.82 Å². The summed E-state index contributed by atoms with van der Waals surface area (Å²) in [5.74, 6) is -0.156. The third-order valence-corrected chi connectivity index (χ3v) is 9.41. The quantitative estimate of drug-likeness (QED) is 0.165. The fourth-order valence-electron chi connectivity index (χ4n) is 5.12. The van der Waals surface area contributed by atoms with E-state index >= 15 is 0 Å². The van der Waals surface area contributed by atoms with Crippen molar-refractivity contribution in [3.05, 3.63) is 54.5 Å². The van der Waals surface area contributed by atoms with Gasteiger partial charge in [-0.25, -0.2) is 14.1 Å². The second-order valence-corrected chi connectivity index (χ2v) is 12.1. The molecule has 0 saturated carbocycles. The molecule has 5 rings (SSSR count). The minimum absolute atomic E-state index is 0.187. The molecule has 42 heavy (non-hydrogen) atoms. The average molecular weight is 601 g/mol. The van der Waals surface area contributed by atoms with Crippen LogP contribution in [-0.4, -0.2) is 79.1 Å². The van der Waals surface area contributed by atoms with E-state index in [1.807, 2.05) is 13.0 Å². The van der Waals surface area contributed by atoms with Gasteiger partial charge in [-0.1, -0.05) is 31.5 Å². The van der Waals surface area contributed by atoms with Crippen LogP contribution < -0.4 is 10.3 Å². The van der Waals surface area contributed by atoms with Crippen molar-refractivity contribution in [3.63, 3.8) is 0 Å². The number of aromatic nitrogens is 3. The second-order valence-electron chi connectivity index (χ2n) is 10.2. The summed E-state index contributed by atoms with van der Waals surface area (Å²) < 4.78 is 40.3. The number of nitrogen functional groups attached to an aromatic ring is 1. The van der Waals surface area contributed by atoms with E-state index in [2.05, 4.69) is 10.1 Å². The Morgan fingerprint density at radius 2 is 2.07 bits per heavy atom. The van der Waals surface area contributed by atoms with Crippen molar-refractivity contribution in [1.82, 2.24) is 19.3 Å². The molecule has 0 spiro atoms. The van der Waals surface area contributed by atoms with Crippen LogP contribution in [0.2, 0.25) is 0 Å². The maximum Gasteiger partial charge on any atom is 0.462 e. The minimum atomic E-state index is -4.35. The van der Waals surface area contributed by atoms with E-state index in [1.165, 1.54) is 15.5 Å². The third kappa shape index (κ3) is 5.59. The number of carbonyl (C=O) groups excluding carboxylic acids is 1. The molecule has 14 nitrogen and oxygen atoms in total. The Kier molecular flexibility index (Phi) is 8.79. The number of hydrogen-bond donors (Lipinski definition) is 3. The van der Waals surface area contributed by atoms with Crippen LogP contribution >= 0.6 is 7.75 Å². The van der Waals surface area contributed by atoms with E-state index in [1.54, 1.807) is 42.5 Å². The molecule has 2 fully saturated rings. The van der Waals surface area contributed by atoms with Crippen LogP contribution in [0.3, 0.4) is 0 Å². The van der Waals surface area contributed by atoms with E-state index < -0.39 is 50.3 Å². The van der Waals surface area contributed by atoms with Gasteiger partial charge >= 0.3 is 13.7 Å². The number of carbonyl (C=O) groups is 1. The van der Waals surface area contributed by atoms with Crippen LogP contribution in [0.25, 0.3) is 5.52 Å². The molecule has 3 aromatic rings. The molecule has 6 atom stereocenters. The van der Waals surface area contributed by atoms with Gasteiger partial charge in [-0.05, 0) is 43.5 Å². The molecule has 0 bridgehead atoms. The Bertz CT molecular complexity index is 1500. The molecule has 2 aliphatic rings.